The number of carbonyl (C=O) groups is 1. The van der Waals surface area contributed by atoms with Crippen LogP contribution >= 0.6 is 0 Å². The fourth-order valence-electron chi connectivity index (χ4n) is 2.60. The summed E-state index contributed by atoms with van der Waals surface area (Å²) in [5.41, 5.74) is 7.21. The van der Waals surface area contributed by atoms with Crippen LogP contribution in [-0.2, 0) is 16.1 Å². The number of rotatable bonds is 7. The zero-order valence-corrected chi connectivity index (χ0v) is 13.8. The van der Waals surface area contributed by atoms with Crippen LogP contribution in [0.15, 0.2) is 12.7 Å². The second kappa shape index (κ2) is 7.65. The van der Waals surface area contributed by atoms with Gasteiger partial charge in [0.15, 0.2) is 11.5 Å². The van der Waals surface area contributed by atoms with E-state index in [9.17, 15) is 4.79 Å². The predicted octanol–water partition coefficient (Wildman–Crippen LogP) is -0.513. The summed E-state index contributed by atoms with van der Waals surface area (Å²) in [5, 5.41) is 3.09. The van der Waals surface area contributed by atoms with E-state index in [-0.39, 0.29) is 5.78 Å². The number of hydrogen-bond donors (Lipinski definition) is 2. The molecule has 9 nitrogen and oxygen atoms in total. The lowest BCUT2D eigenvalue weighted by atomic mass is 10.2. The lowest BCUT2D eigenvalue weighted by Gasteiger charge is -2.26. The lowest BCUT2D eigenvalue weighted by Crippen LogP contribution is -2.38. The van der Waals surface area contributed by atoms with Crippen molar-refractivity contribution in [2.75, 3.05) is 44.7 Å². The molecule has 1 atom stereocenters. The van der Waals surface area contributed by atoms with E-state index in [1.54, 1.807) is 6.33 Å². The quantitative estimate of drug-likeness (QED) is 0.697. The monoisotopic (exact) mass is 333 g/mol. The molecule has 3 N–H and O–H groups in total. The lowest BCUT2D eigenvalue weighted by molar-refractivity contribution is -0.117. The second-order valence-corrected chi connectivity index (χ2v) is 5.88. The molecule has 0 bridgehead atoms. The second-order valence-electron chi connectivity index (χ2n) is 5.88. The van der Waals surface area contributed by atoms with Crippen LogP contribution in [0.25, 0.3) is 11.2 Å². The first kappa shape index (κ1) is 16.7. The van der Waals surface area contributed by atoms with Crippen molar-refractivity contribution in [1.29, 1.82) is 0 Å². The van der Waals surface area contributed by atoms with Crippen LogP contribution in [0.3, 0.4) is 0 Å². The first-order valence-corrected chi connectivity index (χ1v) is 8.11. The number of imidazole rings is 1. The highest BCUT2D eigenvalue weighted by Gasteiger charge is 2.14. The van der Waals surface area contributed by atoms with Crippen molar-refractivity contribution in [1.82, 2.24) is 24.4 Å². The molecule has 3 heterocycles. The van der Waals surface area contributed by atoms with E-state index in [4.69, 9.17) is 10.5 Å². The molecule has 0 aliphatic carbocycles. The zero-order valence-electron chi connectivity index (χ0n) is 13.8. The number of anilines is 1. The van der Waals surface area contributed by atoms with E-state index >= 15 is 0 Å². The van der Waals surface area contributed by atoms with E-state index in [1.165, 1.54) is 13.3 Å². The average Bonchev–Trinajstić information content (AvgIpc) is 3.02. The number of hydrogen-bond acceptors (Lipinski definition) is 8. The van der Waals surface area contributed by atoms with Gasteiger partial charge in [0.1, 0.15) is 17.6 Å². The summed E-state index contributed by atoms with van der Waals surface area (Å²) in [5.74, 6) is 0.533. The summed E-state index contributed by atoms with van der Waals surface area (Å²) in [6, 6.07) is -0.557. The van der Waals surface area contributed by atoms with Gasteiger partial charge in [0.2, 0.25) is 0 Å². The van der Waals surface area contributed by atoms with Crippen molar-refractivity contribution in [2.24, 2.45) is 5.73 Å². The molecule has 9 heteroatoms. The Morgan fingerprint density at radius 2 is 2.12 bits per heavy atom. The minimum absolute atomic E-state index is 0.0659. The molecule has 1 saturated heterocycles. The fraction of sp³-hybridized carbons (Fsp3) is 0.600. The standard InChI is InChI=1S/C15H23N7O2/c1-11(23)12(16)8-17-14-13-15(19-9-18-14)22(10-20-13)3-2-21-4-6-24-7-5-21/h9-10,12H,2-8,16H2,1H3,(H,17,18,19). The van der Waals surface area contributed by atoms with Crippen molar-refractivity contribution < 1.29 is 9.53 Å². The van der Waals surface area contributed by atoms with Crippen molar-refractivity contribution >= 4 is 22.8 Å². The smallest absolute Gasteiger partial charge is 0.165 e. The summed E-state index contributed by atoms with van der Waals surface area (Å²) < 4.78 is 7.38. The molecule has 2 aromatic rings. The van der Waals surface area contributed by atoms with Crippen molar-refractivity contribution in [3.05, 3.63) is 12.7 Å². The highest BCUT2D eigenvalue weighted by molar-refractivity contribution is 5.84. The third-order valence-electron chi connectivity index (χ3n) is 4.17. The minimum Gasteiger partial charge on any atom is -0.379 e. The van der Waals surface area contributed by atoms with Gasteiger partial charge in [-0.25, -0.2) is 15.0 Å². The van der Waals surface area contributed by atoms with Crippen molar-refractivity contribution in [3.8, 4) is 0 Å². The van der Waals surface area contributed by atoms with Gasteiger partial charge in [-0.3, -0.25) is 9.69 Å². The average molecular weight is 333 g/mol. The third kappa shape index (κ3) is 3.86. The number of fused-ring (bicyclic) bond motifs is 1. The van der Waals surface area contributed by atoms with Gasteiger partial charge in [0.25, 0.3) is 0 Å². The Balaban J connectivity index is 1.67. The number of Topliss-reactive ketones (excluding diaryl/α,β-unsaturated/α-hetero) is 1. The molecule has 130 valence electrons. The van der Waals surface area contributed by atoms with Crippen LogP contribution in [0, 0.1) is 0 Å². The first-order chi connectivity index (χ1) is 11.6. The zero-order chi connectivity index (χ0) is 16.9. The molecule has 1 fully saturated rings. The Morgan fingerprint density at radius 3 is 2.88 bits per heavy atom. The molecule has 24 heavy (non-hydrogen) atoms. The Kier molecular flexibility index (Phi) is 5.34. The molecule has 0 saturated carbocycles. The molecule has 0 aromatic carbocycles. The van der Waals surface area contributed by atoms with Crippen LogP contribution in [0.2, 0.25) is 0 Å². The van der Waals surface area contributed by atoms with E-state index in [1.807, 2.05) is 4.57 Å². The van der Waals surface area contributed by atoms with Crippen molar-refractivity contribution in [2.45, 2.75) is 19.5 Å². The van der Waals surface area contributed by atoms with Crippen LogP contribution < -0.4 is 11.1 Å². The van der Waals surface area contributed by atoms with Gasteiger partial charge < -0.3 is 20.4 Å². The summed E-state index contributed by atoms with van der Waals surface area (Å²) in [6.07, 6.45) is 3.27. The fourth-order valence-corrected chi connectivity index (χ4v) is 2.60. The van der Waals surface area contributed by atoms with Gasteiger partial charge in [-0.2, -0.15) is 0 Å². The Labute approximate surface area is 140 Å². The molecule has 1 unspecified atom stereocenters. The number of ketones is 1. The van der Waals surface area contributed by atoms with Gasteiger partial charge in [-0.15, -0.1) is 0 Å². The Morgan fingerprint density at radius 1 is 1.33 bits per heavy atom. The molecule has 0 amide bonds. The summed E-state index contributed by atoms with van der Waals surface area (Å²) in [7, 11) is 0. The largest absolute Gasteiger partial charge is 0.379 e. The number of ether oxygens (including phenoxy) is 1. The maximum Gasteiger partial charge on any atom is 0.165 e. The van der Waals surface area contributed by atoms with E-state index in [2.05, 4.69) is 25.2 Å². The SMILES string of the molecule is CC(=O)C(N)CNc1ncnc2c1ncn2CCN1CCOCC1. The predicted molar refractivity (Wildman–Crippen MR) is 89.7 cm³/mol. The number of aromatic nitrogens is 4. The van der Waals surface area contributed by atoms with E-state index in [0.717, 1.165) is 45.0 Å². The molecule has 1 aliphatic heterocycles. The number of nitrogens with zero attached hydrogens (tertiary/aromatic N) is 5. The molecule has 1 aliphatic rings. The maximum atomic E-state index is 11.2. The molecular weight excluding hydrogens is 310 g/mol. The van der Waals surface area contributed by atoms with Crippen molar-refractivity contribution in [3.63, 3.8) is 0 Å². The topological polar surface area (TPSA) is 111 Å². The normalized spacial score (nSPS) is 17.1. The van der Waals surface area contributed by atoms with Gasteiger partial charge in [0, 0.05) is 32.7 Å². The Hall–Kier alpha value is -2.10. The van der Waals surface area contributed by atoms with Crippen LogP contribution in [0.5, 0.6) is 0 Å². The summed E-state index contributed by atoms with van der Waals surface area (Å²) >= 11 is 0. The van der Waals surface area contributed by atoms with Crippen LogP contribution in [0.1, 0.15) is 6.92 Å². The number of nitrogens with one attached hydrogen (secondary N) is 1. The summed E-state index contributed by atoms with van der Waals surface area (Å²) in [6.45, 7) is 7.02. The van der Waals surface area contributed by atoms with E-state index in [0.29, 0.717) is 17.9 Å². The highest BCUT2D eigenvalue weighted by atomic mass is 16.5. The van der Waals surface area contributed by atoms with Gasteiger partial charge in [-0.05, 0) is 6.92 Å². The first-order valence-electron chi connectivity index (χ1n) is 8.11. The summed E-state index contributed by atoms with van der Waals surface area (Å²) in [4.78, 5) is 26.6. The highest BCUT2D eigenvalue weighted by Crippen LogP contribution is 2.17. The maximum absolute atomic E-state index is 11.2. The number of carbonyl (C=O) groups excluding carboxylic acids is 1. The molecule has 2 aromatic heterocycles. The Bertz CT molecular complexity index is 696. The molecular formula is C15H23N7O2. The number of nitrogens with two attached hydrogens (primary N) is 1. The van der Waals surface area contributed by atoms with Crippen LogP contribution in [0.4, 0.5) is 5.82 Å². The molecule has 0 radical (unpaired) electrons. The minimum atomic E-state index is -0.557. The van der Waals surface area contributed by atoms with Crippen LogP contribution in [-0.4, -0.2) is 75.6 Å². The van der Waals surface area contributed by atoms with E-state index < -0.39 is 6.04 Å². The molecule has 3 rings (SSSR count). The van der Waals surface area contributed by atoms with Gasteiger partial charge >= 0.3 is 0 Å². The van der Waals surface area contributed by atoms with Gasteiger partial charge in [0.05, 0.1) is 25.6 Å². The molecule has 0 spiro atoms. The third-order valence-corrected chi connectivity index (χ3v) is 4.17. The van der Waals surface area contributed by atoms with Gasteiger partial charge in [-0.1, -0.05) is 0 Å². The number of morpholine rings is 1.